The van der Waals surface area contributed by atoms with Crippen LogP contribution in [0.4, 0.5) is 0 Å². The normalized spacial score (nSPS) is 21.9. The summed E-state index contributed by atoms with van der Waals surface area (Å²) in [7, 11) is 3.33. The zero-order valence-electron chi connectivity index (χ0n) is 17.6. The molecule has 1 atom stereocenters. The molecule has 2 heterocycles. The standard InChI is InChI=1S/C22H29N3O3Si/c1-22(10-18(29-4)7-8-20(22)27-14-15-5-6-15)16-9-19(21(26)24(2)12-16)28-17-11-23-25(3)13-17/h7-9,11-13,15H,5-6,10,14,29H2,1-4H3. The Morgan fingerprint density at radius 1 is 1.28 bits per heavy atom. The van der Waals surface area contributed by atoms with Gasteiger partial charge in [-0.25, -0.2) is 0 Å². The fraction of sp³-hybridized carbons (Fsp3) is 0.455. The molecule has 0 N–H and O–H groups in total. The van der Waals surface area contributed by atoms with Crippen LogP contribution in [0.1, 0.15) is 31.7 Å². The number of pyridine rings is 1. The van der Waals surface area contributed by atoms with E-state index in [9.17, 15) is 4.79 Å². The maximum Gasteiger partial charge on any atom is 0.293 e. The fourth-order valence-corrected chi connectivity index (χ4v) is 4.90. The van der Waals surface area contributed by atoms with E-state index in [0.29, 0.717) is 17.4 Å². The van der Waals surface area contributed by atoms with Crippen LogP contribution in [0.5, 0.6) is 11.5 Å². The van der Waals surface area contributed by atoms with Gasteiger partial charge >= 0.3 is 0 Å². The van der Waals surface area contributed by atoms with E-state index in [2.05, 4.69) is 30.7 Å². The van der Waals surface area contributed by atoms with E-state index in [1.165, 1.54) is 18.0 Å². The van der Waals surface area contributed by atoms with Crippen LogP contribution < -0.4 is 10.3 Å². The Kier molecular flexibility index (Phi) is 5.25. The van der Waals surface area contributed by atoms with Crippen molar-refractivity contribution in [1.29, 1.82) is 0 Å². The third kappa shape index (κ3) is 4.10. The smallest absolute Gasteiger partial charge is 0.293 e. The lowest BCUT2D eigenvalue weighted by atomic mass is 9.76. The Hall–Kier alpha value is -2.54. The lowest BCUT2D eigenvalue weighted by Gasteiger charge is -2.36. The minimum absolute atomic E-state index is 0.165. The maximum absolute atomic E-state index is 12.7. The summed E-state index contributed by atoms with van der Waals surface area (Å²) in [6.07, 6.45) is 13.1. The van der Waals surface area contributed by atoms with Gasteiger partial charge in [-0.2, -0.15) is 5.10 Å². The van der Waals surface area contributed by atoms with Gasteiger partial charge in [-0.15, -0.1) is 0 Å². The van der Waals surface area contributed by atoms with Crippen molar-refractivity contribution in [3.63, 3.8) is 0 Å². The van der Waals surface area contributed by atoms with Crippen LogP contribution in [0, 0.1) is 5.92 Å². The van der Waals surface area contributed by atoms with Crippen LogP contribution in [0.2, 0.25) is 6.55 Å². The molecule has 1 saturated carbocycles. The highest BCUT2D eigenvalue weighted by Crippen LogP contribution is 2.43. The molecule has 1 unspecified atom stereocenters. The van der Waals surface area contributed by atoms with Gasteiger partial charge in [0.2, 0.25) is 0 Å². The monoisotopic (exact) mass is 411 g/mol. The molecule has 0 radical (unpaired) electrons. The lowest BCUT2D eigenvalue weighted by Crippen LogP contribution is -2.32. The van der Waals surface area contributed by atoms with Gasteiger partial charge < -0.3 is 14.0 Å². The van der Waals surface area contributed by atoms with Crippen molar-refractivity contribution in [3.05, 3.63) is 63.7 Å². The zero-order chi connectivity index (χ0) is 20.6. The minimum Gasteiger partial charge on any atom is -0.497 e. The van der Waals surface area contributed by atoms with E-state index in [-0.39, 0.29) is 20.5 Å². The molecule has 0 aliphatic heterocycles. The molecule has 0 bridgehead atoms. The van der Waals surface area contributed by atoms with Crippen molar-refractivity contribution in [2.45, 2.75) is 38.1 Å². The molecule has 2 aliphatic carbocycles. The van der Waals surface area contributed by atoms with Gasteiger partial charge in [0.15, 0.2) is 11.5 Å². The summed E-state index contributed by atoms with van der Waals surface area (Å²) in [6, 6.07) is 1.88. The van der Waals surface area contributed by atoms with Gasteiger partial charge in [-0.3, -0.25) is 9.48 Å². The van der Waals surface area contributed by atoms with Crippen molar-refractivity contribution < 1.29 is 9.47 Å². The predicted octanol–water partition coefficient (Wildman–Crippen LogP) is 2.98. The Morgan fingerprint density at radius 2 is 2.07 bits per heavy atom. The number of nitrogens with zero attached hydrogens (tertiary/aromatic N) is 3. The van der Waals surface area contributed by atoms with Crippen LogP contribution in [0.3, 0.4) is 0 Å². The molecule has 0 aromatic carbocycles. The Labute approximate surface area is 173 Å². The Bertz CT molecular complexity index is 1030. The van der Waals surface area contributed by atoms with Gasteiger partial charge in [0, 0.05) is 29.8 Å². The highest BCUT2D eigenvalue weighted by Gasteiger charge is 2.37. The zero-order valence-corrected chi connectivity index (χ0v) is 19.1. The second-order valence-corrected chi connectivity index (χ2v) is 10.0. The van der Waals surface area contributed by atoms with Crippen LogP contribution in [0.15, 0.2) is 52.6 Å². The molecule has 0 spiro atoms. The molecular formula is C22H29N3O3Si. The van der Waals surface area contributed by atoms with Crippen molar-refractivity contribution >= 4 is 9.52 Å². The Balaban J connectivity index is 1.71. The van der Waals surface area contributed by atoms with Crippen LogP contribution in [0.25, 0.3) is 0 Å². The first kappa shape index (κ1) is 19.8. The summed E-state index contributed by atoms with van der Waals surface area (Å²) in [5.41, 5.74) is 0.566. The second-order valence-electron chi connectivity index (χ2n) is 8.43. The van der Waals surface area contributed by atoms with Crippen LogP contribution in [-0.4, -0.2) is 30.5 Å². The fourth-order valence-electron chi connectivity index (χ4n) is 3.80. The van der Waals surface area contributed by atoms with Crippen molar-refractivity contribution in [1.82, 2.24) is 14.3 Å². The average Bonchev–Trinajstić information content (AvgIpc) is 3.44. The summed E-state index contributed by atoms with van der Waals surface area (Å²) >= 11 is 0. The Morgan fingerprint density at radius 3 is 2.72 bits per heavy atom. The molecule has 2 aromatic rings. The van der Waals surface area contributed by atoms with Crippen molar-refractivity contribution in [2.24, 2.45) is 20.0 Å². The molecule has 2 aliphatic rings. The van der Waals surface area contributed by atoms with Crippen LogP contribution >= 0.6 is 0 Å². The lowest BCUT2D eigenvalue weighted by molar-refractivity contribution is 0.155. The molecule has 2 aromatic heterocycles. The van der Waals surface area contributed by atoms with Crippen molar-refractivity contribution in [3.8, 4) is 11.5 Å². The molecule has 0 amide bonds. The predicted molar refractivity (Wildman–Crippen MR) is 116 cm³/mol. The van der Waals surface area contributed by atoms with Crippen molar-refractivity contribution in [2.75, 3.05) is 6.61 Å². The number of aromatic nitrogens is 3. The summed E-state index contributed by atoms with van der Waals surface area (Å²) < 4.78 is 15.5. The molecule has 7 heteroatoms. The first-order valence-electron chi connectivity index (χ1n) is 10.3. The highest BCUT2D eigenvalue weighted by atomic mass is 28.2. The highest BCUT2D eigenvalue weighted by molar-refractivity contribution is 6.43. The first-order chi connectivity index (χ1) is 13.9. The van der Waals surface area contributed by atoms with Gasteiger partial charge in [0.05, 0.1) is 24.4 Å². The van der Waals surface area contributed by atoms with E-state index < -0.39 is 0 Å². The van der Waals surface area contributed by atoms with E-state index in [0.717, 1.165) is 24.4 Å². The van der Waals surface area contributed by atoms with E-state index in [1.807, 2.05) is 19.3 Å². The summed E-state index contributed by atoms with van der Waals surface area (Å²) in [5, 5.41) is 5.63. The van der Waals surface area contributed by atoms with Gasteiger partial charge in [-0.05, 0) is 49.8 Å². The summed E-state index contributed by atoms with van der Waals surface area (Å²) in [4.78, 5) is 12.7. The molecule has 0 saturated heterocycles. The number of aryl methyl sites for hydroxylation is 2. The number of rotatable bonds is 7. The summed E-state index contributed by atoms with van der Waals surface area (Å²) in [6.45, 7) is 5.31. The minimum atomic E-state index is -0.305. The molecular weight excluding hydrogens is 382 g/mol. The van der Waals surface area contributed by atoms with Gasteiger partial charge in [0.25, 0.3) is 5.56 Å². The number of allylic oxidation sites excluding steroid dienone is 4. The van der Waals surface area contributed by atoms with Gasteiger partial charge in [-0.1, -0.05) is 17.8 Å². The topological polar surface area (TPSA) is 58.3 Å². The second kappa shape index (κ2) is 7.70. The maximum atomic E-state index is 12.7. The number of hydrogen-bond acceptors (Lipinski definition) is 4. The molecule has 4 rings (SSSR count). The van der Waals surface area contributed by atoms with Crippen LogP contribution in [-0.2, 0) is 24.2 Å². The molecule has 6 nitrogen and oxygen atoms in total. The molecule has 154 valence electrons. The van der Waals surface area contributed by atoms with E-state index >= 15 is 0 Å². The quantitative estimate of drug-likeness (QED) is 0.657. The first-order valence-corrected chi connectivity index (χ1v) is 12.4. The average molecular weight is 412 g/mol. The largest absolute Gasteiger partial charge is 0.497 e. The summed E-state index contributed by atoms with van der Waals surface area (Å²) in [5.74, 6) is 2.54. The number of hydrogen-bond donors (Lipinski definition) is 0. The number of ether oxygens (including phenoxy) is 2. The molecule has 29 heavy (non-hydrogen) atoms. The molecule has 1 fully saturated rings. The third-order valence-electron chi connectivity index (χ3n) is 5.92. The van der Waals surface area contributed by atoms with Gasteiger partial charge in [0.1, 0.15) is 5.76 Å². The van der Waals surface area contributed by atoms with E-state index in [1.54, 1.807) is 28.7 Å². The SMILES string of the molecule is C[SiH2]C1=CC=C(OCC2CC2)C(C)(c2cc(Oc3cnn(C)c3)c(=O)n(C)c2)C1. The third-order valence-corrected chi connectivity index (χ3v) is 7.31. The van der Waals surface area contributed by atoms with E-state index in [4.69, 9.17) is 9.47 Å².